The highest BCUT2D eigenvalue weighted by atomic mass is 35.5. The maximum absolute atomic E-state index is 13.2. The normalized spacial score (nSPS) is 14.8. The predicted octanol–water partition coefficient (Wildman–Crippen LogP) is 4.07. The number of carbonyl (C=O) groups excluding carboxylic acids is 1. The monoisotopic (exact) mass is 467 g/mol. The number of ether oxygens (including phenoxy) is 1. The first kappa shape index (κ1) is 23.0. The Kier molecular flexibility index (Phi) is 7.14. The number of nitrogens with one attached hydrogen (secondary N) is 1. The van der Waals surface area contributed by atoms with Crippen molar-refractivity contribution >= 4 is 38.9 Å². The fourth-order valence-corrected chi connectivity index (χ4v) is 5.16. The number of hydrogen-bond donors (Lipinski definition) is 1. The number of piperidine rings is 1. The molecule has 1 aliphatic heterocycles. The van der Waals surface area contributed by atoms with E-state index in [0.29, 0.717) is 13.1 Å². The van der Waals surface area contributed by atoms with Gasteiger partial charge in [-0.05, 0) is 50.1 Å². The highest BCUT2D eigenvalue weighted by molar-refractivity contribution is 7.89. The third-order valence-corrected chi connectivity index (χ3v) is 7.08. The van der Waals surface area contributed by atoms with E-state index in [4.69, 9.17) is 16.3 Å². The molecule has 0 unspecified atom stereocenters. The largest absolute Gasteiger partial charge is 0.492 e. The molecular formula is C20H22ClN3O6S. The summed E-state index contributed by atoms with van der Waals surface area (Å²) in [4.78, 5) is 23.0. The van der Waals surface area contributed by atoms with E-state index in [-0.39, 0.29) is 33.5 Å². The lowest BCUT2D eigenvalue weighted by Crippen LogP contribution is -2.35. The zero-order chi connectivity index (χ0) is 22.6. The van der Waals surface area contributed by atoms with Crippen molar-refractivity contribution in [2.45, 2.75) is 31.1 Å². The van der Waals surface area contributed by atoms with Crippen molar-refractivity contribution in [1.82, 2.24) is 4.31 Å². The topological polar surface area (TPSA) is 119 Å². The van der Waals surface area contributed by atoms with Crippen molar-refractivity contribution < 1.29 is 22.9 Å². The number of nitro groups is 1. The number of nitrogens with zero attached hydrogens (tertiary/aromatic N) is 2. The molecule has 1 N–H and O–H groups in total. The van der Waals surface area contributed by atoms with Crippen LogP contribution in [0.25, 0.3) is 0 Å². The quantitative estimate of drug-likeness (QED) is 0.484. The van der Waals surface area contributed by atoms with Crippen LogP contribution >= 0.6 is 11.6 Å². The Morgan fingerprint density at radius 3 is 2.55 bits per heavy atom. The first-order chi connectivity index (χ1) is 14.7. The third kappa shape index (κ3) is 5.15. The molecule has 9 nitrogen and oxygen atoms in total. The Bertz CT molecular complexity index is 1100. The first-order valence-corrected chi connectivity index (χ1v) is 11.6. The number of anilines is 1. The molecule has 1 heterocycles. The molecule has 0 aromatic heterocycles. The van der Waals surface area contributed by atoms with Gasteiger partial charge in [-0.1, -0.05) is 18.0 Å². The molecule has 0 atom stereocenters. The summed E-state index contributed by atoms with van der Waals surface area (Å²) in [6.45, 7) is 2.89. The lowest BCUT2D eigenvalue weighted by molar-refractivity contribution is -0.384. The molecule has 0 bridgehead atoms. The number of halogens is 1. The van der Waals surface area contributed by atoms with Gasteiger partial charge in [-0.3, -0.25) is 14.9 Å². The highest BCUT2D eigenvalue weighted by Crippen LogP contribution is 2.32. The van der Waals surface area contributed by atoms with Gasteiger partial charge in [0.1, 0.15) is 15.7 Å². The Morgan fingerprint density at radius 1 is 1.19 bits per heavy atom. The van der Waals surface area contributed by atoms with E-state index in [1.165, 1.54) is 34.6 Å². The Morgan fingerprint density at radius 2 is 1.90 bits per heavy atom. The van der Waals surface area contributed by atoms with E-state index in [1.807, 2.05) is 0 Å². The van der Waals surface area contributed by atoms with Crippen molar-refractivity contribution in [2.75, 3.05) is 25.0 Å². The van der Waals surface area contributed by atoms with E-state index in [9.17, 15) is 23.3 Å². The minimum atomic E-state index is -3.81. The summed E-state index contributed by atoms with van der Waals surface area (Å²) >= 11 is 5.79. The Balaban J connectivity index is 1.92. The van der Waals surface area contributed by atoms with Crippen molar-refractivity contribution in [3.8, 4) is 5.75 Å². The average molecular weight is 468 g/mol. The number of rotatable bonds is 7. The highest BCUT2D eigenvalue weighted by Gasteiger charge is 2.29. The minimum absolute atomic E-state index is 0.0189. The van der Waals surface area contributed by atoms with Gasteiger partial charge in [0, 0.05) is 30.4 Å². The van der Waals surface area contributed by atoms with Crippen LogP contribution in [0.1, 0.15) is 36.5 Å². The summed E-state index contributed by atoms with van der Waals surface area (Å²) in [6, 6.07) is 8.03. The van der Waals surface area contributed by atoms with Gasteiger partial charge >= 0.3 is 0 Å². The Labute approximate surface area is 185 Å². The lowest BCUT2D eigenvalue weighted by atomic mass is 10.2. The van der Waals surface area contributed by atoms with Crippen molar-refractivity contribution in [3.63, 3.8) is 0 Å². The van der Waals surface area contributed by atoms with E-state index in [1.54, 1.807) is 6.92 Å². The zero-order valence-corrected chi connectivity index (χ0v) is 18.4. The molecule has 1 saturated heterocycles. The number of amides is 1. The molecule has 31 heavy (non-hydrogen) atoms. The van der Waals surface area contributed by atoms with Gasteiger partial charge in [0.05, 0.1) is 11.5 Å². The molecule has 0 radical (unpaired) electrons. The summed E-state index contributed by atoms with van der Waals surface area (Å²) in [5.74, 6) is -0.432. The number of carbonyl (C=O) groups is 1. The molecular weight excluding hydrogens is 446 g/mol. The van der Waals surface area contributed by atoms with Crippen molar-refractivity contribution in [2.24, 2.45) is 0 Å². The van der Waals surface area contributed by atoms with Crippen LogP contribution in [0.5, 0.6) is 5.75 Å². The van der Waals surface area contributed by atoms with Crippen LogP contribution in [-0.2, 0) is 10.0 Å². The van der Waals surface area contributed by atoms with Crippen LogP contribution in [0, 0.1) is 10.1 Å². The van der Waals surface area contributed by atoms with Crippen LogP contribution < -0.4 is 10.1 Å². The molecule has 1 aliphatic rings. The van der Waals surface area contributed by atoms with Crippen LogP contribution in [0.2, 0.25) is 5.02 Å². The summed E-state index contributed by atoms with van der Waals surface area (Å²) < 4.78 is 33.3. The zero-order valence-electron chi connectivity index (χ0n) is 16.8. The second kappa shape index (κ2) is 9.63. The summed E-state index contributed by atoms with van der Waals surface area (Å²) in [5.41, 5.74) is -0.151. The lowest BCUT2D eigenvalue weighted by Gasteiger charge is -2.27. The predicted molar refractivity (Wildman–Crippen MR) is 116 cm³/mol. The molecule has 2 aromatic carbocycles. The molecule has 3 rings (SSSR count). The average Bonchev–Trinajstić information content (AvgIpc) is 2.75. The first-order valence-electron chi connectivity index (χ1n) is 9.76. The van der Waals surface area contributed by atoms with Gasteiger partial charge in [0.2, 0.25) is 10.0 Å². The van der Waals surface area contributed by atoms with Gasteiger partial charge in [-0.2, -0.15) is 4.31 Å². The fraction of sp³-hybridized carbons (Fsp3) is 0.350. The number of sulfonamides is 1. The summed E-state index contributed by atoms with van der Waals surface area (Å²) in [5, 5.41) is 13.6. The van der Waals surface area contributed by atoms with Gasteiger partial charge in [-0.15, -0.1) is 0 Å². The van der Waals surface area contributed by atoms with Crippen molar-refractivity contribution in [1.29, 1.82) is 0 Å². The molecule has 11 heteroatoms. The van der Waals surface area contributed by atoms with Crippen LogP contribution in [0.4, 0.5) is 11.4 Å². The van der Waals surface area contributed by atoms with Crippen LogP contribution in [0.15, 0.2) is 41.3 Å². The number of benzene rings is 2. The summed E-state index contributed by atoms with van der Waals surface area (Å²) in [6.07, 6.45) is 2.55. The molecule has 2 aromatic rings. The minimum Gasteiger partial charge on any atom is -0.492 e. The molecule has 1 amide bonds. The number of hydrogen-bond acceptors (Lipinski definition) is 6. The van der Waals surface area contributed by atoms with E-state index in [2.05, 4.69) is 5.32 Å². The van der Waals surface area contributed by atoms with E-state index < -0.39 is 26.5 Å². The van der Waals surface area contributed by atoms with E-state index in [0.717, 1.165) is 25.3 Å². The van der Waals surface area contributed by atoms with Gasteiger partial charge in [0.25, 0.3) is 11.6 Å². The van der Waals surface area contributed by atoms with Gasteiger partial charge in [-0.25, -0.2) is 8.42 Å². The molecule has 166 valence electrons. The Hall–Kier alpha value is -2.69. The van der Waals surface area contributed by atoms with Gasteiger partial charge in [0.15, 0.2) is 0 Å². The van der Waals surface area contributed by atoms with E-state index >= 15 is 0 Å². The van der Waals surface area contributed by atoms with Crippen LogP contribution in [0.3, 0.4) is 0 Å². The molecule has 0 saturated carbocycles. The maximum atomic E-state index is 13.2. The SMILES string of the molecule is CCOc1ccc(NC(=O)c2ccc(Cl)c([N+](=O)[O-])c2)cc1S(=O)(=O)N1CCCCC1. The fourth-order valence-electron chi connectivity index (χ4n) is 3.30. The third-order valence-electron chi connectivity index (χ3n) is 4.84. The molecule has 1 fully saturated rings. The van der Waals surface area contributed by atoms with Crippen LogP contribution in [-0.4, -0.2) is 43.2 Å². The van der Waals surface area contributed by atoms with Crippen molar-refractivity contribution in [3.05, 3.63) is 57.1 Å². The summed E-state index contributed by atoms with van der Waals surface area (Å²) in [7, 11) is -3.81. The smallest absolute Gasteiger partial charge is 0.288 e. The maximum Gasteiger partial charge on any atom is 0.288 e. The molecule has 0 aliphatic carbocycles. The standard InChI is InChI=1S/C20H22ClN3O6S/c1-2-30-18-9-7-15(13-19(18)31(28,29)23-10-4-3-5-11-23)22-20(25)14-6-8-16(21)17(12-14)24(26)27/h6-9,12-13H,2-5,10-11H2,1H3,(H,22,25). The molecule has 0 spiro atoms. The second-order valence-electron chi connectivity index (χ2n) is 6.94. The second-order valence-corrected chi connectivity index (χ2v) is 9.25. The number of nitro benzene ring substituents is 1. The van der Waals surface area contributed by atoms with Gasteiger partial charge < -0.3 is 10.1 Å².